The zero-order valence-electron chi connectivity index (χ0n) is 49.2. The number of phosphoric ester groups is 1. The zero-order valence-corrected chi connectivity index (χ0v) is 50.1. The number of hydrogen-bond acceptors (Lipinski definition) is 7. The highest BCUT2D eigenvalue weighted by atomic mass is 31.2. The number of ether oxygens (including phenoxy) is 2. The lowest BCUT2D eigenvalue weighted by Gasteiger charge is -2.24. The van der Waals surface area contributed by atoms with Crippen LogP contribution in [0.4, 0.5) is 0 Å². The van der Waals surface area contributed by atoms with E-state index in [0.717, 1.165) is 96.3 Å². The Morgan fingerprint density at radius 1 is 0.421 bits per heavy atom. The highest BCUT2D eigenvalue weighted by Gasteiger charge is 2.27. The first-order chi connectivity index (χ1) is 37.0. The molecule has 0 spiro atoms. The number of hydrogen-bond donors (Lipinski definition) is 1. The number of nitrogens with zero attached hydrogens (tertiary/aromatic N) is 1. The van der Waals surface area contributed by atoms with Crippen molar-refractivity contribution >= 4 is 19.8 Å². The summed E-state index contributed by atoms with van der Waals surface area (Å²) in [6.45, 7) is 4.27. The highest BCUT2D eigenvalue weighted by Crippen LogP contribution is 2.43. The van der Waals surface area contributed by atoms with Gasteiger partial charge in [-0.2, -0.15) is 0 Å². The highest BCUT2D eigenvalue weighted by molar-refractivity contribution is 7.47. The Balaban J connectivity index is 4.27. The lowest BCUT2D eigenvalue weighted by molar-refractivity contribution is -0.870. The van der Waals surface area contributed by atoms with E-state index in [4.69, 9.17) is 18.5 Å². The summed E-state index contributed by atoms with van der Waals surface area (Å²) in [6.07, 6.45) is 79.9. The van der Waals surface area contributed by atoms with Gasteiger partial charge in [-0.05, 0) is 89.9 Å². The van der Waals surface area contributed by atoms with E-state index in [0.29, 0.717) is 17.4 Å². The van der Waals surface area contributed by atoms with Gasteiger partial charge in [-0.3, -0.25) is 18.6 Å². The molecule has 0 heterocycles. The second-order valence-corrected chi connectivity index (χ2v) is 22.5. The van der Waals surface area contributed by atoms with Crippen molar-refractivity contribution < 1.29 is 42.1 Å². The Hall–Kier alpha value is -3.59. The second kappa shape index (κ2) is 56.1. The van der Waals surface area contributed by atoms with Crippen LogP contribution < -0.4 is 0 Å². The molecule has 10 heteroatoms. The van der Waals surface area contributed by atoms with Crippen molar-refractivity contribution in [2.24, 2.45) is 0 Å². The van der Waals surface area contributed by atoms with Gasteiger partial charge in [-0.1, -0.05) is 251 Å². The van der Waals surface area contributed by atoms with Crippen LogP contribution >= 0.6 is 7.82 Å². The molecule has 9 nitrogen and oxygen atoms in total. The number of phosphoric acid groups is 1. The molecule has 0 rings (SSSR count). The number of rotatable bonds is 54. The maximum Gasteiger partial charge on any atom is 0.472 e. The fourth-order valence-electron chi connectivity index (χ4n) is 7.87. The van der Waals surface area contributed by atoms with Crippen molar-refractivity contribution in [3.8, 4) is 0 Å². The first-order valence-electron chi connectivity index (χ1n) is 30.3. The average molecular weight is 1080 g/mol. The molecule has 0 aliphatic heterocycles. The largest absolute Gasteiger partial charge is 0.472 e. The standard InChI is InChI=1S/C66H112NO8P/c1-6-8-10-12-14-16-18-20-22-24-26-27-28-29-30-31-32-33-34-35-36-37-38-39-41-43-45-47-49-51-53-55-57-59-66(69)75-64(63-74-76(70,71)73-61-60-67(3,4)5)62-72-65(68)58-56-54-52-50-48-46-44-42-40-25-23-21-19-17-15-13-11-9-7-2/h8,10,14,16,20,22,26-27,29-30,32-33,35-36,38-39,43,45,49,51,64H,6-7,9,11-13,15,17-19,21,23-25,28,31,34,37,40-42,44,46-48,50,52-63H2,1-5H3/p+1/b10-8-,16-14-,22-20-,27-26-,30-29-,33-32-,36-35-,39-38-,45-43-,51-49-. The van der Waals surface area contributed by atoms with Gasteiger partial charge in [-0.25, -0.2) is 4.57 Å². The number of unbranched alkanes of at least 4 members (excludes halogenated alkanes) is 20. The molecule has 0 aliphatic carbocycles. The van der Waals surface area contributed by atoms with E-state index < -0.39 is 26.5 Å². The molecule has 434 valence electrons. The summed E-state index contributed by atoms with van der Waals surface area (Å²) in [6, 6.07) is 0. The maximum absolute atomic E-state index is 12.8. The van der Waals surface area contributed by atoms with Gasteiger partial charge in [0, 0.05) is 12.8 Å². The molecule has 0 aromatic heterocycles. The van der Waals surface area contributed by atoms with Gasteiger partial charge in [0.1, 0.15) is 19.8 Å². The van der Waals surface area contributed by atoms with E-state index in [2.05, 4.69) is 135 Å². The fraction of sp³-hybridized carbons (Fsp3) is 0.667. The minimum Gasteiger partial charge on any atom is -0.462 e. The predicted octanol–water partition coefficient (Wildman–Crippen LogP) is 19.1. The van der Waals surface area contributed by atoms with E-state index in [1.807, 2.05) is 21.1 Å². The smallest absolute Gasteiger partial charge is 0.462 e. The summed E-state index contributed by atoms with van der Waals surface area (Å²) in [5, 5.41) is 0. The lowest BCUT2D eigenvalue weighted by atomic mass is 10.0. The molecule has 0 aromatic carbocycles. The van der Waals surface area contributed by atoms with Crippen LogP contribution in [0.2, 0.25) is 0 Å². The van der Waals surface area contributed by atoms with Crippen LogP contribution in [-0.4, -0.2) is 74.9 Å². The van der Waals surface area contributed by atoms with Crippen LogP contribution in [0.5, 0.6) is 0 Å². The number of esters is 2. The quantitative estimate of drug-likeness (QED) is 0.0211. The summed E-state index contributed by atoms with van der Waals surface area (Å²) in [4.78, 5) is 35.7. The van der Waals surface area contributed by atoms with Gasteiger partial charge in [0.15, 0.2) is 6.10 Å². The molecular weight excluding hydrogens is 966 g/mol. The Morgan fingerprint density at radius 2 is 0.750 bits per heavy atom. The first kappa shape index (κ1) is 72.4. The summed E-state index contributed by atoms with van der Waals surface area (Å²) in [7, 11) is 1.44. The number of likely N-dealkylation sites (N-methyl/N-ethyl adjacent to an activating group) is 1. The van der Waals surface area contributed by atoms with Crippen molar-refractivity contribution in [1.29, 1.82) is 0 Å². The summed E-state index contributed by atoms with van der Waals surface area (Å²) in [5.41, 5.74) is 0. The molecule has 0 radical (unpaired) electrons. The lowest BCUT2D eigenvalue weighted by Crippen LogP contribution is -2.37. The minimum absolute atomic E-state index is 0.0178. The van der Waals surface area contributed by atoms with Crippen molar-refractivity contribution in [2.45, 2.75) is 238 Å². The van der Waals surface area contributed by atoms with E-state index in [9.17, 15) is 19.0 Å². The number of quaternary nitrogens is 1. The molecule has 0 aromatic rings. The summed E-state index contributed by atoms with van der Waals surface area (Å²) < 4.78 is 34.5. The van der Waals surface area contributed by atoms with Crippen LogP contribution in [-0.2, 0) is 32.7 Å². The van der Waals surface area contributed by atoms with Gasteiger partial charge >= 0.3 is 19.8 Å². The summed E-state index contributed by atoms with van der Waals surface area (Å²) >= 11 is 0. The molecule has 76 heavy (non-hydrogen) atoms. The third-order valence-corrected chi connectivity index (χ3v) is 13.5. The Labute approximate surface area is 467 Å². The first-order valence-corrected chi connectivity index (χ1v) is 31.8. The van der Waals surface area contributed by atoms with Crippen molar-refractivity contribution in [3.63, 3.8) is 0 Å². The molecule has 0 fully saturated rings. The molecular formula is C66H113NO8P+. The molecule has 0 saturated carbocycles. The predicted molar refractivity (Wildman–Crippen MR) is 325 cm³/mol. The minimum atomic E-state index is -4.41. The fourth-order valence-corrected chi connectivity index (χ4v) is 8.61. The third-order valence-electron chi connectivity index (χ3n) is 12.5. The maximum atomic E-state index is 12.8. The normalized spacial score (nSPS) is 14.1. The molecule has 0 saturated heterocycles. The van der Waals surface area contributed by atoms with Crippen LogP contribution in [0.25, 0.3) is 0 Å². The second-order valence-electron chi connectivity index (χ2n) is 21.0. The Kier molecular flexibility index (Phi) is 53.5. The molecule has 0 amide bonds. The van der Waals surface area contributed by atoms with E-state index in [1.165, 1.54) is 103 Å². The Morgan fingerprint density at radius 3 is 1.12 bits per heavy atom. The monoisotopic (exact) mass is 1080 g/mol. The number of allylic oxidation sites excluding steroid dienone is 20. The van der Waals surface area contributed by atoms with Crippen LogP contribution in [0.1, 0.15) is 232 Å². The Bertz CT molecular complexity index is 1700. The van der Waals surface area contributed by atoms with Crippen molar-refractivity contribution in [2.75, 3.05) is 47.5 Å². The molecule has 2 unspecified atom stereocenters. The number of carbonyl (C=O) groups excluding carboxylic acids is 2. The van der Waals surface area contributed by atoms with Gasteiger partial charge in [0.25, 0.3) is 0 Å². The third kappa shape index (κ3) is 59.7. The van der Waals surface area contributed by atoms with Gasteiger partial charge in [0.05, 0.1) is 27.7 Å². The zero-order chi connectivity index (χ0) is 55.6. The SMILES string of the molecule is CC/C=C\C/C=C\C/C=C\C/C=C\C/C=C\C/C=C\C/C=C\C/C=C\C/C=C\C/C=C\CCCCC(=O)OC(COC(=O)CCCCCCCCCCCCCCCCCCCCC)COP(=O)(O)OCC[N+](C)(C)C. The molecule has 1 N–H and O–H groups in total. The molecule has 0 aliphatic rings. The van der Waals surface area contributed by atoms with Crippen molar-refractivity contribution in [1.82, 2.24) is 0 Å². The molecule has 2 atom stereocenters. The van der Waals surface area contributed by atoms with Crippen LogP contribution in [0.3, 0.4) is 0 Å². The van der Waals surface area contributed by atoms with Gasteiger partial charge < -0.3 is 18.9 Å². The van der Waals surface area contributed by atoms with Gasteiger partial charge in [-0.15, -0.1) is 0 Å². The van der Waals surface area contributed by atoms with Crippen LogP contribution in [0.15, 0.2) is 122 Å². The van der Waals surface area contributed by atoms with E-state index >= 15 is 0 Å². The topological polar surface area (TPSA) is 108 Å². The number of carbonyl (C=O) groups is 2. The van der Waals surface area contributed by atoms with E-state index in [-0.39, 0.29) is 32.0 Å². The van der Waals surface area contributed by atoms with Crippen LogP contribution in [0, 0.1) is 0 Å². The average Bonchev–Trinajstić information content (AvgIpc) is 3.38. The summed E-state index contributed by atoms with van der Waals surface area (Å²) in [5.74, 6) is -0.850. The van der Waals surface area contributed by atoms with Gasteiger partial charge in [0.2, 0.25) is 0 Å². The molecule has 0 bridgehead atoms. The van der Waals surface area contributed by atoms with Crippen molar-refractivity contribution in [3.05, 3.63) is 122 Å². The van der Waals surface area contributed by atoms with E-state index in [1.54, 1.807) is 0 Å².